The normalized spacial score (nSPS) is 14.1. The van der Waals surface area contributed by atoms with Crippen molar-refractivity contribution in [1.29, 1.82) is 0 Å². The molecule has 2 atom stereocenters. The molecule has 0 saturated carbocycles. The molecule has 100 valence electrons. The first-order chi connectivity index (χ1) is 9.06. The van der Waals surface area contributed by atoms with Gasteiger partial charge in [0.2, 0.25) is 0 Å². The Hall–Kier alpha value is -1.38. The van der Waals surface area contributed by atoms with Gasteiger partial charge in [0.05, 0.1) is 0 Å². The monoisotopic (exact) mass is 277 g/mol. The second kappa shape index (κ2) is 6.18. The van der Waals surface area contributed by atoms with E-state index < -0.39 is 0 Å². The SMILES string of the molecule is CC(N[C@@H](C)c1ccc(F)cc1)c1cccc(Cl)c1. The molecule has 0 spiro atoms. The Balaban J connectivity index is 2.06. The van der Waals surface area contributed by atoms with Gasteiger partial charge in [-0.3, -0.25) is 0 Å². The number of hydrogen-bond donors (Lipinski definition) is 1. The molecule has 1 N–H and O–H groups in total. The molecule has 0 bridgehead atoms. The van der Waals surface area contributed by atoms with Gasteiger partial charge in [-0.2, -0.15) is 0 Å². The zero-order chi connectivity index (χ0) is 13.8. The van der Waals surface area contributed by atoms with E-state index in [0.717, 1.165) is 16.1 Å². The summed E-state index contributed by atoms with van der Waals surface area (Å²) >= 11 is 5.99. The van der Waals surface area contributed by atoms with Crippen molar-refractivity contribution in [3.8, 4) is 0 Å². The van der Waals surface area contributed by atoms with Gasteiger partial charge in [-0.15, -0.1) is 0 Å². The van der Waals surface area contributed by atoms with E-state index >= 15 is 0 Å². The Morgan fingerprint density at radius 2 is 1.58 bits per heavy atom. The van der Waals surface area contributed by atoms with Gasteiger partial charge in [0.15, 0.2) is 0 Å². The van der Waals surface area contributed by atoms with Crippen LogP contribution in [0, 0.1) is 5.82 Å². The molecule has 0 aromatic heterocycles. The summed E-state index contributed by atoms with van der Waals surface area (Å²) in [6.07, 6.45) is 0. The van der Waals surface area contributed by atoms with E-state index in [4.69, 9.17) is 11.6 Å². The van der Waals surface area contributed by atoms with Crippen LogP contribution in [0.5, 0.6) is 0 Å². The number of hydrogen-bond acceptors (Lipinski definition) is 1. The summed E-state index contributed by atoms with van der Waals surface area (Å²) < 4.78 is 12.9. The Morgan fingerprint density at radius 3 is 2.21 bits per heavy atom. The molecule has 2 rings (SSSR count). The Morgan fingerprint density at radius 1 is 0.947 bits per heavy atom. The molecule has 19 heavy (non-hydrogen) atoms. The number of nitrogens with one attached hydrogen (secondary N) is 1. The van der Waals surface area contributed by atoms with Crippen LogP contribution in [0.4, 0.5) is 4.39 Å². The van der Waals surface area contributed by atoms with E-state index in [1.165, 1.54) is 12.1 Å². The van der Waals surface area contributed by atoms with Crippen LogP contribution >= 0.6 is 11.6 Å². The van der Waals surface area contributed by atoms with Crippen LogP contribution in [0.1, 0.15) is 37.1 Å². The molecule has 2 aromatic carbocycles. The summed E-state index contributed by atoms with van der Waals surface area (Å²) in [5, 5.41) is 4.21. The van der Waals surface area contributed by atoms with Gasteiger partial charge in [0, 0.05) is 17.1 Å². The third-order valence-electron chi connectivity index (χ3n) is 3.22. The van der Waals surface area contributed by atoms with Crippen LogP contribution in [-0.4, -0.2) is 0 Å². The Kier molecular flexibility index (Phi) is 4.56. The van der Waals surface area contributed by atoms with Gasteiger partial charge < -0.3 is 5.32 Å². The van der Waals surface area contributed by atoms with Crippen molar-refractivity contribution in [3.05, 3.63) is 70.5 Å². The Bertz CT molecular complexity index is 539. The summed E-state index contributed by atoms with van der Waals surface area (Å²) in [7, 11) is 0. The standard InChI is InChI=1S/C16H17ClFN/c1-11(13-6-8-16(18)9-7-13)19-12(2)14-4-3-5-15(17)10-14/h3-12,19H,1-2H3/t11-,12?/m0/s1. The quantitative estimate of drug-likeness (QED) is 0.839. The fraction of sp³-hybridized carbons (Fsp3) is 0.250. The average molecular weight is 278 g/mol. The van der Waals surface area contributed by atoms with Crippen molar-refractivity contribution in [2.75, 3.05) is 0 Å². The fourth-order valence-electron chi connectivity index (χ4n) is 2.09. The van der Waals surface area contributed by atoms with E-state index in [1.54, 1.807) is 12.1 Å². The molecule has 2 aromatic rings. The van der Waals surface area contributed by atoms with Crippen molar-refractivity contribution in [1.82, 2.24) is 5.32 Å². The molecule has 0 aliphatic carbocycles. The van der Waals surface area contributed by atoms with Crippen molar-refractivity contribution < 1.29 is 4.39 Å². The highest BCUT2D eigenvalue weighted by Crippen LogP contribution is 2.21. The van der Waals surface area contributed by atoms with Crippen LogP contribution in [0.25, 0.3) is 0 Å². The van der Waals surface area contributed by atoms with Crippen LogP contribution in [0.15, 0.2) is 48.5 Å². The first kappa shape index (κ1) is 14.0. The lowest BCUT2D eigenvalue weighted by Crippen LogP contribution is -2.22. The third kappa shape index (κ3) is 3.79. The lowest BCUT2D eigenvalue weighted by molar-refractivity contribution is 0.494. The molecule has 0 aliphatic heterocycles. The molecule has 0 aliphatic rings. The van der Waals surface area contributed by atoms with Gasteiger partial charge in [-0.1, -0.05) is 35.9 Å². The zero-order valence-electron chi connectivity index (χ0n) is 11.0. The van der Waals surface area contributed by atoms with Crippen molar-refractivity contribution in [2.24, 2.45) is 0 Å². The maximum atomic E-state index is 12.9. The molecule has 3 heteroatoms. The molecule has 0 radical (unpaired) electrons. The van der Waals surface area contributed by atoms with Gasteiger partial charge in [0.25, 0.3) is 0 Å². The molecule has 0 amide bonds. The largest absolute Gasteiger partial charge is 0.304 e. The number of halogens is 2. The lowest BCUT2D eigenvalue weighted by Gasteiger charge is -2.21. The predicted octanol–water partition coefficient (Wildman–Crippen LogP) is 4.89. The van der Waals surface area contributed by atoms with Crippen LogP contribution in [0.2, 0.25) is 5.02 Å². The maximum absolute atomic E-state index is 12.9. The predicted molar refractivity (Wildman–Crippen MR) is 77.8 cm³/mol. The number of benzene rings is 2. The van der Waals surface area contributed by atoms with Crippen molar-refractivity contribution in [2.45, 2.75) is 25.9 Å². The van der Waals surface area contributed by atoms with Crippen molar-refractivity contribution >= 4 is 11.6 Å². The summed E-state index contributed by atoms with van der Waals surface area (Å²) in [6, 6.07) is 14.7. The van der Waals surface area contributed by atoms with Crippen LogP contribution < -0.4 is 5.32 Å². The summed E-state index contributed by atoms with van der Waals surface area (Å²) in [5.41, 5.74) is 2.21. The van der Waals surface area contributed by atoms with Gasteiger partial charge >= 0.3 is 0 Å². The van der Waals surface area contributed by atoms with Gasteiger partial charge in [-0.25, -0.2) is 4.39 Å². The summed E-state index contributed by atoms with van der Waals surface area (Å²) in [6.45, 7) is 4.15. The minimum Gasteiger partial charge on any atom is -0.304 e. The minimum atomic E-state index is -0.209. The maximum Gasteiger partial charge on any atom is 0.123 e. The molecule has 0 heterocycles. The van der Waals surface area contributed by atoms with E-state index in [0.29, 0.717) is 0 Å². The third-order valence-corrected chi connectivity index (χ3v) is 3.45. The first-order valence-electron chi connectivity index (χ1n) is 6.33. The lowest BCUT2D eigenvalue weighted by atomic mass is 10.0. The summed E-state index contributed by atoms with van der Waals surface area (Å²) in [5.74, 6) is -0.209. The molecule has 1 nitrogen and oxygen atoms in total. The van der Waals surface area contributed by atoms with E-state index in [1.807, 2.05) is 24.3 Å². The second-order valence-corrected chi connectivity index (χ2v) is 5.15. The summed E-state index contributed by atoms with van der Waals surface area (Å²) in [4.78, 5) is 0. The minimum absolute atomic E-state index is 0.148. The van der Waals surface area contributed by atoms with Crippen molar-refractivity contribution in [3.63, 3.8) is 0 Å². The number of rotatable bonds is 4. The van der Waals surface area contributed by atoms with Crippen LogP contribution in [-0.2, 0) is 0 Å². The molecule has 0 saturated heterocycles. The fourth-order valence-corrected chi connectivity index (χ4v) is 2.29. The molecular weight excluding hydrogens is 261 g/mol. The van der Waals surface area contributed by atoms with Gasteiger partial charge in [0.1, 0.15) is 5.82 Å². The highest BCUT2D eigenvalue weighted by molar-refractivity contribution is 6.30. The van der Waals surface area contributed by atoms with E-state index in [2.05, 4.69) is 19.2 Å². The zero-order valence-corrected chi connectivity index (χ0v) is 11.8. The topological polar surface area (TPSA) is 12.0 Å². The first-order valence-corrected chi connectivity index (χ1v) is 6.71. The highest BCUT2D eigenvalue weighted by atomic mass is 35.5. The van der Waals surface area contributed by atoms with Gasteiger partial charge in [-0.05, 0) is 49.2 Å². The van der Waals surface area contributed by atoms with E-state index in [9.17, 15) is 4.39 Å². The Labute approximate surface area is 118 Å². The molecular formula is C16H17ClFN. The highest BCUT2D eigenvalue weighted by Gasteiger charge is 2.11. The molecule has 0 fully saturated rings. The van der Waals surface area contributed by atoms with E-state index in [-0.39, 0.29) is 17.9 Å². The average Bonchev–Trinajstić information content (AvgIpc) is 2.39. The van der Waals surface area contributed by atoms with Crippen LogP contribution in [0.3, 0.4) is 0 Å². The smallest absolute Gasteiger partial charge is 0.123 e. The molecule has 1 unspecified atom stereocenters. The second-order valence-electron chi connectivity index (χ2n) is 4.72.